The molecule has 0 amide bonds. The number of hydrogen-bond acceptors (Lipinski definition) is 0. The van der Waals surface area contributed by atoms with Crippen LogP contribution in [0.1, 0.15) is 0 Å². The van der Waals surface area contributed by atoms with Crippen LogP contribution in [0.25, 0.3) is 6.15 Å². The molecule has 0 aliphatic carbocycles. The quantitative estimate of drug-likeness (QED) is 0.407. The monoisotopic (exact) mass is 117 g/mol. The van der Waals surface area contributed by atoms with Gasteiger partial charge in [-0.1, -0.05) is 36.4 Å². The molecule has 2 heteroatoms. The Kier molecular flexibility index (Phi) is 9.91. The second-order valence-electron chi connectivity index (χ2n) is 1.15. The van der Waals surface area contributed by atoms with E-state index in [1.807, 2.05) is 36.4 Å². The summed E-state index contributed by atoms with van der Waals surface area (Å²) in [7, 11) is 0. The van der Waals surface area contributed by atoms with Crippen LogP contribution >= 0.6 is 0 Å². The largest absolute Gasteiger partial charge is 1.00 e. The molecule has 0 radical (unpaired) electrons. The predicted molar refractivity (Wildman–Crippen MR) is 31.7 cm³/mol. The van der Waals surface area contributed by atoms with Gasteiger partial charge in [0.2, 0.25) is 0 Å². The van der Waals surface area contributed by atoms with Crippen molar-refractivity contribution in [1.82, 2.24) is 0 Å². The molecule has 1 aromatic rings. The Morgan fingerprint density at radius 1 is 0.500 bits per heavy atom. The van der Waals surface area contributed by atoms with Gasteiger partial charge in [0.25, 0.3) is 0 Å². The molecular weight excluding hydrogens is 109 g/mol. The van der Waals surface area contributed by atoms with Gasteiger partial charge >= 0.3 is 29.6 Å². The molecule has 0 aliphatic heterocycles. The van der Waals surface area contributed by atoms with Crippen molar-refractivity contribution in [3.63, 3.8) is 0 Å². The van der Waals surface area contributed by atoms with Gasteiger partial charge in [-0.25, -0.2) is 0 Å². The molecule has 1 nitrogen and oxygen atoms in total. The van der Waals surface area contributed by atoms with Gasteiger partial charge in [-0.15, -0.1) is 0 Å². The third kappa shape index (κ3) is 4.34. The van der Waals surface area contributed by atoms with Crippen LogP contribution in [-0.4, -0.2) is 0 Å². The van der Waals surface area contributed by atoms with Crippen LogP contribution in [0.3, 0.4) is 0 Å². The molecule has 0 unspecified atom stereocenters. The van der Waals surface area contributed by atoms with Gasteiger partial charge in [-0.05, 0) is 0 Å². The summed E-state index contributed by atoms with van der Waals surface area (Å²) in [6.07, 6.45) is 0. The Hall–Kier alpha value is 0.180. The Labute approximate surface area is 72.0 Å². The zero-order valence-corrected chi connectivity index (χ0v) is 7.04. The van der Waals surface area contributed by atoms with Crippen LogP contribution in [0.5, 0.6) is 0 Å². The zero-order chi connectivity index (χ0) is 4.24. The number of hydrogen-bond donors (Lipinski definition) is 0. The number of nitrogens with two attached hydrogens (primary N) is 1. The molecule has 0 saturated carbocycles. The van der Waals surface area contributed by atoms with Crippen LogP contribution in [0.15, 0.2) is 36.4 Å². The summed E-state index contributed by atoms with van der Waals surface area (Å²) in [6, 6.07) is 12.0. The van der Waals surface area contributed by atoms with Crippen molar-refractivity contribution in [2.75, 3.05) is 0 Å². The molecule has 0 saturated heterocycles. The third-order valence-electron chi connectivity index (χ3n) is 0.667. The van der Waals surface area contributed by atoms with Crippen molar-refractivity contribution in [2.45, 2.75) is 0 Å². The molecule has 0 bridgehead atoms. The minimum absolute atomic E-state index is 0. The molecule has 0 aliphatic rings. The third-order valence-corrected chi connectivity index (χ3v) is 0.667. The topological polar surface area (TPSA) is 33.5 Å². The van der Waals surface area contributed by atoms with Crippen molar-refractivity contribution in [3.8, 4) is 0 Å². The van der Waals surface area contributed by atoms with Gasteiger partial charge in [-0.2, -0.15) is 0 Å². The summed E-state index contributed by atoms with van der Waals surface area (Å²) < 4.78 is 0. The van der Waals surface area contributed by atoms with Gasteiger partial charge in [0.05, 0.1) is 0 Å². The molecule has 0 spiro atoms. The van der Waals surface area contributed by atoms with Crippen LogP contribution in [-0.2, 0) is 0 Å². The first-order valence-corrected chi connectivity index (χ1v) is 2.00. The minimum Gasteiger partial charge on any atom is -0.693 e. The molecule has 0 heterocycles. The van der Waals surface area contributed by atoms with Gasteiger partial charge in [0.15, 0.2) is 0 Å². The van der Waals surface area contributed by atoms with Gasteiger partial charge in [0.1, 0.15) is 0 Å². The molecule has 1 aromatic carbocycles. The van der Waals surface area contributed by atoms with Crippen molar-refractivity contribution in [3.05, 3.63) is 42.5 Å². The van der Waals surface area contributed by atoms with E-state index in [1.165, 1.54) is 0 Å². The standard InChI is InChI=1S/C6H6.H2N.Na/c1-2-4-6-5-3-1;;/h1-6H;1H2;/q;-1;+1. The van der Waals surface area contributed by atoms with Crippen molar-refractivity contribution in [2.24, 2.45) is 0 Å². The summed E-state index contributed by atoms with van der Waals surface area (Å²) in [5.41, 5.74) is 0. The predicted octanol–water partition coefficient (Wildman–Crippen LogP) is -0.592. The summed E-state index contributed by atoms with van der Waals surface area (Å²) in [6.45, 7) is 0. The summed E-state index contributed by atoms with van der Waals surface area (Å²) in [5.74, 6) is 0. The molecule has 8 heavy (non-hydrogen) atoms. The first-order valence-electron chi connectivity index (χ1n) is 2.00. The Balaban J connectivity index is 0. The van der Waals surface area contributed by atoms with E-state index in [0.29, 0.717) is 0 Å². The molecule has 0 atom stereocenters. The van der Waals surface area contributed by atoms with E-state index >= 15 is 0 Å². The molecule has 1 rings (SSSR count). The average molecular weight is 117 g/mol. The second kappa shape index (κ2) is 7.18. The van der Waals surface area contributed by atoms with E-state index in [1.54, 1.807) is 0 Å². The van der Waals surface area contributed by atoms with Crippen LogP contribution in [0, 0.1) is 0 Å². The Morgan fingerprint density at radius 2 is 0.625 bits per heavy atom. The maximum Gasteiger partial charge on any atom is 1.00 e. The number of benzene rings is 1. The van der Waals surface area contributed by atoms with Crippen molar-refractivity contribution in [1.29, 1.82) is 0 Å². The zero-order valence-electron chi connectivity index (χ0n) is 5.04. The first kappa shape index (κ1) is 11.0. The first-order chi connectivity index (χ1) is 3.00. The molecular formula is C6H8NNa. The SMILES string of the molecule is [NH2-].[Na+].c1ccccc1. The van der Waals surface area contributed by atoms with E-state index in [0.717, 1.165) is 0 Å². The number of rotatable bonds is 0. The molecule has 0 aromatic heterocycles. The van der Waals surface area contributed by atoms with Crippen molar-refractivity contribution < 1.29 is 29.6 Å². The van der Waals surface area contributed by atoms with Crippen LogP contribution in [0.2, 0.25) is 0 Å². The van der Waals surface area contributed by atoms with E-state index in [4.69, 9.17) is 0 Å². The molecule has 2 N–H and O–H groups in total. The fraction of sp³-hybridized carbons (Fsp3) is 0. The summed E-state index contributed by atoms with van der Waals surface area (Å²) in [5, 5.41) is 0. The van der Waals surface area contributed by atoms with E-state index < -0.39 is 0 Å². The van der Waals surface area contributed by atoms with Crippen molar-refractivity contribution >= 4 is 0 Å². The average Bonchev–Trinajstić information content (AvgIpc) is 1.72. The molecule has 38 valence electrons. The fourth-order valence-electron chi connectivity index (χ4n) is 0.385. The van der Waals surface area contributed by atoms with Gasteiger partial charge in [-0.3, -0.25) is 0 Å². The Bertz CT molecular complexity index is 80.5. The smallest absolute Gasteiger partial charge is 0.693 e. The van der Waals surface area contributed by atoms with E-state index in [-0.39, 0.29) is 35.7 Å². The normalized spacial score (nSPS) is 6.00. The summed E-state index contributed by atoms with van der Waals surface area (Å²) >= 11 is 0. The second-order valence-corrected chi connectivity index (χ2v) is 1.15. The maximum absolute atomic E-state index is 2.00. The van der Waals surface area contributed by atoms with Crippen LogP contribution < -0.4 is 29.6 Å². The molecule has 0 fully saturated rings. The van der Waals surface area contributed by atoms with E-state index in [9.17, 15) is 0 Å². The fourth-order valence-corrected chi connectivity index (χ4v) is 0.385. The van der Waals surface area contributed by atoms with Gasteiger partial charge < -0.3 is 6.15 Å². The van der Waals surface area contributed by atoms with Crippen LogP contribution in [0.4, 0.5) is 0 Å². The Morgan fingerprint density at radius 3 is 0.750 bits per heavy atom. The maximum atomic E-state index is 2.00. The summed E-state index contributed by atoms with van der Waals surface area (Å²) in [4.78, 5) is 0. The van der Waals surface area contributed by atoms with Gasteiger partial charge in [0, 0.05) is 0 Å². The minimum atomic E-state index is 0. The van der Waals surface area contributed by atoms with E-state index in [2.05, 4.69) is 0 Å².